The summed E-state index contributed by atoms with van der Waals surface area (Å²) < 4.78 is 3.24. The van der Waals surface area contributed by atoms with Crippen LogP contribution < -0.4 is 16.6 Å². The topological polar surface area (TPSA) is 79.8 Å². The van der Waals surface area contributed by atoms with Gasteiger partial charge >= 0.3 is 5.69 Å². The first kappa shape index (κ1) is 15.1. The average molecular weight is 349 g/mol. The number of benzene rings is 1. The molecule has 0 saturated carbocycles. The van der Waals surface area contributed by atoms with Crippen molar-refractivity contribution in [2.45, 2.75) is 6.54 Å². The predicted octanol–water partition coefficient (Wildman–Crippen LogP) is 1.33. The van der Waals surface area contributed by atoms with E-state index < -0.39 is 0 Å². The summed E-state index contributed by atoms with van der Waals surface area (Å²) >= 11 is 3.34. The van der Waals surface area contributed by atoms with Gasteiger partial charge in [0.1, 0.15) is 6.07 Å². The monoisotopic (exact) mass is 348 g/mol. The molecule has 6 nitrogen and oxygen atoms in total. The molecule has 0 spiro atoms. The SMILES string of the molecule is Cn1cc(CNc2cc(Br)ccc2C#N)c(=O)n(C)c1=O. The Morgan fingerprint density at radius 2 is 2.05 bits per heavy atom. The van der Waals surface area contributed by atoms with E-state index in [0.29, 0.717) is 16.8 Å². The van der Waals surface area contributed by atoms with Crippen molar-refractivity contribution in [1.29, 1.82) is 5.26 Å². The van der Waals surface area contributed by atoms with Crippen LogP contribution in [-0.2, 0) is 20.6 Å². The molecule has 108 valence electrons. The molecule has 0 aliphatic heterocycles. The van der Waals surface area contributed by atoms with E-state index in [9.17, 15) is 9.59 Å². The number of halogens is 1. The number of hydrogen-bond acceptors (Lipinski definition) is 4. The Hall–Kier alpha value is -2.33. The maximum Gasteiger partial charge on any atom is 0.330 e. The predicted molar refractivity (Wildman–Crippen MR) is 83.1 cm³/mol. The second-order valence-electron chi connectivity index (χ2n) is 4.57. The molecule has 7 heteroatoms. The summed E-state index contributed by atoms with van der Waals surface area (Å²) in [4.78, 5) is 23.6. The average Bonchev–Trinajstić information content (AvgIpc) is 2.47. The molecule has 0 aliphatic rings. The molecular formula is C14H13BrN4O2. The highest BCUT2D eigenvalue weighted by atomic mass is 79.9. The van der Waals surface area contributed by atoms with E-state index in [1.807, 2.05) is 0 Å². The maximum atomic E-state index is 12.0. The number of nitriles is 1. The lowest BCUT2D eigenvalue weighted by molar-refractivity contribution is 0.671. The quantitative estimate of drug-likeness (QED) is 0.907. The third kappa shape index (κ3) is 3.06. The first-order chi connectivity index (χ1) is 9.93. The summed E-state index contributed by atoms with van der Waals surface area (Å²) in [5.41, 5.74) is 0.842. The standard InChI is InChI=1S/C14H13BrN4O2/c1-18-8-10(13(20)19(2)14(18)21)7-17-12-5-11(15)4-3-9(12)6-16/h3-5,8,17H,7H2,1-2H3. The number of aryl methyl sites for hydroxylation is 1. The van der Waals surface area contributed by atoms with Crippen molar-refractivity contribution >= 4 is 21.6 Å². The maximum absolute atomic E-state index is 12.0. The van der Waals surface area contributed by atoms with Crippen LogP contribution in [0.3, 0.4) is 0 Å². The highest BCUT2D eigenvalue weighted by Crippen LogP contribution is 2.21. The van der Waals surface area contributed by atoms with Crippen LogP contribution in [0, 0.1) is 11.3 Å². The second kappa shape index (κ2) is 5.97. The van der Waals surface area contributed by atoms with Crippen LogP contribution in [0.4, 0.5) is 5.69 Å². The van der Waals surface area contributed by atoms with Crippen molar-refractivity contribution in [3.63, 3.8) is 0 Å². The van der Waals surface area contributed by atoms with Crippen molar-refractivity contribution in [1.82, 2.24) is 9.13 Å². The Morgan fingerprint density at radius 3 is 2.71 bits per heavy atom. The summed E-state index contributed by atoms with van der Waals surface area (Å²) in [5, 5.41) is 12.1. The Kier molecular flexibility index (Phi) is 4.29. The molecule has 0 bridgehead atoms. The minimum Gasteiger partial charge on any atom is -0.380 e. The normalized spacial score (nSPS) is 10.2. The largest absolute Gasteiger partial charge is 0.380 e. The Bertz CT molecular complexity index is 846. The molecule has 1 N–H and O–H groups in total. The molecule has 1 heterocycles. The number of nitrogens with one attached hydrogen (secondary N) is 1. The smallest absolute Gasteiger partial charge is 0.330 e. The molecular weight excluding hydrogens is 336 g/mol. The fraction of sp³-hybridized carbons (Fsp3) is 0.214. The fourth-order valence-corrected chi connectivity index (χ4v) is 2.32. The van der Waals surface area contributed by atoms with E-state index in [0.717, 1.165) is 9.04 Å². The Morgan fingerprint density at radius 1 is 1.33 bits per heavy atom. The van der Waals surface area contributed by atoms with Crippen molar-refractivity contribution in [3.8, 4) is 6.07 Å². The minimum atomic E-state index is -0.371. The van der Waals surface area contributed by atoms with Gasteiger partial charge in [-0.05, 0) is 18.2 Å². The van der Waals surface area contributed by atoms with Gasteiger partial charge in [0.25, 0.3) is 5.56 Å². The highest BCUT2D eigenvalue weighted by Gasteiger charge is 2.08. The van der Waals surface area contributed by atoms with Crippen molar-refractivity contribution in [2.24, 2.45) is 14.1 Å². The zero-order chi connectivity index (χ0) is 15.6. The van der Waals surface area contributed by atoms with Gasteiger partial charge in [0.05, 0.1) is 16.8 Å². The van der Waals surface area contributed by atoms with Gasteiger partial charge in [-0.15, -0.1) is 0 Å². The van der Waals surface area contributed by atoms with Crippen LogP contribution in [0.25, 0.3) is 0 Å². The number of anilines is 1. The highest BCUT2D eigenvalue weighted by molar-refractivity contribution is 9.10. The van der Waals surface area contributed by atoms with Crippen LogP contribution in [0.2, 0.25) is 0 Å². The van der Waals surface area contributed by atoms with Crippen molar-refractivity contribution in [3.05, 3.63) is 60.8 Å². The summed E-state index contributed by atoms with van der Waals surface area (Å²) in [5.74, 6) is 0. The first-order valence-electron chi connectivity index (χ1n) is 6.13. The van der Waals surface area contributed by atoms with Gasteiger partial charge in [-0.25, -0.2) is 4.79 Å². The van der Waals surface area contributed by atoms with E-state index >= 15 is 0 Å². The first-order valence-corrected chi connectivity index (χ1v) is 6.92. The Labute approximate surface area is 129 Å². The van der Waals surface area contributed by atoms with Gasteiger partial charge in [-0.3, -0.25) is 9.36 Å². The van der Waals surface area contributed by atoms with E-state index in [4.69, 9.17) is 5.26 Å². The zero-order valence-corrected chi connectivity index (χ0v) is 13.1. The van der Waals surface area contributed by atoms with Crippen LogP contribution in [0.5, 0.6) is 0 Å². The number of rotatable bonds is 3. The lowest BCUT2D eigenvalue weighted by Gasteiger charge is -2.10. The number of hydrogen-bond donors (Lipinski definition) is 1. The van der Waals surface area contributed by atoms with E-state index in [1.165, 1.54) is 17.8 Å². The summed E-state index contributed by atoms with van der Waals surface area (Å²) in [6.45, 7) is 0.228. The third-order valence-corrected chi connectivity index (χ3v) is 3.58. The molecule has 0 unspecified atom stereocenters. The number of aromatic nitrogens is 2. The summed E-state index contributed by atoms with van der Waals surface area (Å²) in [6.07, 6.45) is 1.50. The molecule has 2 rings (SSSR count). The number of nitrogens with zero attached hydrogens (tertiary/aromatic N) is 3. The van der Waals surface area contributed by atoms with Gasteiger partial charge in [0.15, 0.2) is 0 Å². The molecule has 1 aromatic heterocycles. The van der Waals surface area contributed by atoms with Gasteiger partial charge in [0.2, 0.25) is 0 Å². The van der Waals surface area contributed by atoms with Crippen LogP contribution in [0.1, 0.15) is 11.1 Å². The van der Waals surface area contributed by atoms with E-state index in [1.54, 1.807) is 25.2 Å². The van der Waals surface area contributed by atoms with Crippen LogP contribution in [-0.4, -0.2) is 9.13 Å². The van der Waals surface area contributed by atoms with Gasteiger partial charge in [-0.2, -0.15) is 5.26 Å². The van der Waals surface area contributed by atoms with Crippen LogP contribution >= 0.6 is 15.9 Å². The van der Waals surface area contributed by atoms with Gasteiger partial charge in [-0.1, -0.05) is 15.9 Å². The molecule has 21 heavy (non-hydrogen) atoms. The zero-order valence-electron chi connectivity index (χ0n) is 11.6. The second-order valence-corrected chi connectivity index (χ2v) is 5.48. The van der Waals surface area contributed by atoms with Crippen molar-refractivity contribution < 1.29 is 0 Å². The van der Waals surface area contributed by atoms with Gasteiger partial charge < -0.3 is 9.88 Å². The molecule has 2 aromatic rings. The molecule has 0 fully saturated rings. The van der Waals surface area contributed by atoms with E-state index in [-0.39, 0.29) is 17.8 Å². The molecule has 0 saturated heterocycles. The minimum absolute atomic E-state index is 0.228. The molecule has 0 amide bonds. The fourth-order valence-electron chi connectivity index (χ4n) is 1.96. The third-order valence-electron chi connectivity index (χ3n) is 3.09. The molecule has 0 atom stereocenters. The lowest BCUT2D eigenvalue weighted by atomic mass is 10.2. The molecule has 0 aliphatic carbocycles. The lowest BCUT2D eigenvalue weighted by Crippen LogP contribution is -2.38. The van der Waals surface area contributed by atoms with Crippen molar-refractivity contribution in [2.75, 3.05) is 5.32 Å². The molecule has 0 radical (unpaired) electrons. The molecule has 1 aromatic carbocycles. The van der Waals surface area contributed by atoms with E-state index in [2.05, 4.69) is 27.3 Å². The summed E-state index contributed by atoms with van der Waals surface area (Å²) in [6, 6.07) is 7.31. The Balaban J connectivity index is 2.34. The van der Waals surface area contributed by atoms with Gasteiger partial charge in [0, 0.05) is 31.3 Å². The van der Waals surface area contributed by atoms with Crippen LogP contribution in [0.15, 0.2) is 38.5 Å². The summed E-state index contributed by atoms with van der Waals surface area (Å²) in [7, 11) is 3.03.